The Bertz CT molecular complexity index is 844. The summed E-state index contributed by atoms with van der Waals surface area (Å²) in [6.45, 7) is 1.17. The Morgan fingerprint density at radius 3 is 2.59 bits per heavy atom. The number of alkyl halides is 3. The predicted octanol–water partition coefficient (Wildman–Crippen LogP) is 5.19. The minimum Gasteiger partial charge on any atom is -0.381 e. The lowest BCUT2D eigenvalue weighted by molar-refractivity contribution is -0.137. The number of rotatable bonds is 5. The van der Waals surface area contributed by atoms with E-state index in [1.807, 2.05) is 0 Å². The molecule has 2 fully saturated rings. The van der Waals surface area contributed by atoms with Crippen LogP contribution < -0.4 is 5.32 Å². The van der Waals surface area contributed by atoms with Crippen LogP contribution in [-0.4, -0.2) is 23.4 Å². The Morgan fingerprint density at radius 2 is 1.90 bits per heavy atom. The third kappa shape index (κ3) is 4.44. The summed E-state index contributed by atoms with van der Waals surface area (Å²) in [7, 11) is 0. The largest absolute Gasteiger partial charge is 0.416 e. The van der Waals surface area contributed by atoms with Crippen molar-refractivity contribution >= 4 is 11.6 Å². The van der Waals surface area contributed by atoms with Crippen molar-refractivity contribution in [3.63, 3.8) is 0 Å². The summed E-state index contributed by atoms with van der Waals surface area (Å²) in [5.41, 5.74) is -0.983. The molecule has 0 amide bonds. The number of halogens is 4. The van der Waals surface area contributed by atoms with Gasteiger partial charge in [-0.15, -0.1) is 0 Å². The molecule has 1 aromatic carbocycles. The first kappa shape index (κ1) is 20.6. The first-order valence-electron chi connectivity index (χ1n) is 9.90. The molecule has 0 radical (unpaired) electrons. The van der Waals surface area contributed by atoms with E-state index in [0.29, 0.717) is 43.4 Å². The molecule has 1 aliphatic heterocycles. The molecule has 2 heterocycles. The molecule has 9 heteroatoms. The molecule has 2 aliphatic rings. The molecule has 0 spiro atoms. The molecule has 5 nitrogen and oxygen atoms in total. The maximum Gasteiger partial charge on any atom is 0.416 e. The number of benzene rings is 1. The zero-order valence-corrected chi connectivity index (χ0v) is 16.7. The van der Waals surface area contributed by atoms with Crippen LogP contribution in [0, 0.1) is 0 Å². The highest BCUT2D eigenvalue weighted by atomic mass is 35.5. The van der Waals surface area contributed by atoms with Crippen LogP contribution in [0.25, 0.3) is 0 Å². The maximum atomic E-state index is 13.1. The van der Waals surface area contributed by atoms with E-state index in [2.05, 4.69) is 15.5 Å². The van der Waals surface area contributed by atoms with Gasteiger partial charge in [0.15, 0.2) is 5.82 Å². The van der Waals surface area contributed by atoms with Gasteiger partial charge in [0.05, 0.1) is 5.56 Å². The third-order valence-corrected chi connectivity index (χ3v) is 6.28. The molecule has 0 atom stereocenters. The second-order valence-corrected chi connectivity index (χ2v) is 8.20. The third-order valence-electron chi connectivity index (χ3n) is 5.91. The molecule has 0 unspecified atom stereocenters. The molecular formula is C20H23ClF3N3O2. The number of nitrogens with one attached hydrogen (secondary N) is 1. The van der Waals surface area contributed by atoms with E-state index >= 15 is 0 Å². The van der Waals surface area contributed by atoms with E-state index in [4.69, 9.17) is 20.9 Å². The lowest BCUT2D eigenvalue weighted by atomic mass is 9.89. The Labute approximate surface area is 172 Å². The summed E-state index contributed by atoms with van der Waals surface area (Å²) in [5, 5.41) is 7.84. The van der Waals surface area contributed by atoms with Gasteiger partial charge in [-0.1, -0.05) is 29.6 Å². The van der Waals surface area contributed by atoms with E-state index in [-0.39, 0.29) is 11.6 Å². The van der Waals surface area contributed by atoms with Gasteiger partial charge in [0, 0.05) is 30.7 Å². The zero-order chi connectivity index (χ0) is 20.5. The van der Waals surface area contributed by atoms with Crippen LogP contribution in [-0.2, 0) is 23.0 Å². The molecule has 2 aromatic rings. The quantitative estimate of drug-likeness (QED) is 0.708. The first-order valence-corrected chi connectivity index (χ1v) is 10.3. The molecule has 1 aliphatic carbocycles. The Balaban J connectivity index is 1.57. The van der Waals surface area contributed by atoms with E-state index in [1.165, 1.54) is 18.9 Å². The summed E-state index contributed by atoms with van der Waals surface area (Å²) in [6, 6.07) is 3.35. The second kappa shape index (κ2) is 8.24. The Kier molecular flexibility index (Phi) is 5.86. The molecule has 0 bridgehead atoms. The fourth-order valence-corrected chi connectivity index (χ4v) is 4.30. The number of hydrogen-bond acceptors (Lipinski definition) is 5. The molecule has 4 rings (SSSR count). The smallest absolute Gasteiger partial charge is 0.381 e. The van der Waals surface area contributed by atoms with Gasteiger partial charge in [-0.05, 0) is 49.4 Å². The van der Waals surface area contributed by atoms with Crippen molar-refractivity contribution in [2.24, 2.45) is 0 Å². The van der Waals surface area contributed by atoms with Crippen molar-refractivity contribution in [2.75, 3.05) is 13.2 Å². The fraction of sp³-hybridized carbons (Fsp3) is 0.600. The fourth-order valence-electron chi connectivity index (χ4n) is 4.12. The van der Waals surface area contributed by atoms with Crippen molar-refractivity contribution in [3.05, 3.63) is 46.1 Å². The molecule has 1 aromatic heterocycles. The number of ether oxygens (including phenoxy) is 1. The van der Waals surface area contributed by atoms with Crippen molar-refractivity contribution in [1.82, 2.24) is 15.5 Å². The van der Waals surface area contributed by atoms with Crippen molar-refractivity contribution in [1.29, 1.82) is 0 Å². The van der Waals surface area contributed by atoms with Crippen LogP contribution in [0.15, 0.2) is 22.7 Å². The molecule has 1 saturated carbocycles. The van der Waals surface area contributed by atoms with Gasteiger partial charge in [-0.25, -0.2) is 0 Å². The molecule has 1 N–H and O–H groups in total. The van der Waals surface area contributed by atoms with Crippen LogP contribution >= 0.6 is 11.6 Å². The number of aromatic nitrogens is 2. The normalized spacial score (nSPS) is 20.3. The van der Waals surface area contributed by atoms with Crippen molar-refractivity contribution in [3.8, 4) is 0 Å². The van der Waals surface area contributed by atoms with Gasteiger partial charge in [0.2, 0.25) is 5.89 Å². The summed E-state index contributed by atoms with van der Waals surface area (Å²) >= 11 is 6.16. The topological polar surface area (TPSA) is 60.2 Å². The standard InChI is InChI=1S/C20H23ClF3N3O2/c21-16-6-5-15(20(22,23)24)11-14(16)12-25-19(7-9-28-10-8-19)18-26-17(27-29-18)13-3-1-2-4-13/h5-6,11,13,25H,1-4,7-10,12H2. The summed E-state index contributed by atoms with van der Waals surface area (Å²) < 4.78 is 50.3. The number of nitrogens with zero attached hydrogens (tertiary/aromatic N) is 2. The van der Waals surface area contributed by atoms with Gasteiger partial charge in [0.25, 0.3) is 0 Å². The highest BCUT2D eigenvalue weighted by Gasteiger charge is 2.40. The van der Waals surface area contributed by atoms with Crippen LogP contribution in [0.3, 0.4) is 0 Å². The van der Waals surface area contributed by atoms with Gasteiger partial charge in [0.1, 0.15) is 5.54 Å². The van der Waals surface area contributed by atoms with E-state index in [1.54, 1.807) is 0 Å². The summed E-state index contributed by atoms with van der Waals surface area (Å²) in [6.07, 6.45) is 1.22. The minimum atomic E-state index is -4.42. The number of hydrogen-bond donors (Lipinski definition) is 1. The van der Waals surface area contributed by atoms with Crippen LogP contribution in [0.2, 0.25) is 5.02 Å². The van der Waals surface area contributed by atoms with E-state index in [9.17, 15) is 13.2 Å². The Morgan fingerprint density at radius 1 is 1.17 bits per heavy atom. The van der Waals surface area contributed by atoms with Crippen LogP contribution in [0.4, 0.5) is 13.2 Å². The second-order valence-electron chi connectivity index (χ2n) is 7.79. The lowest BCUT2D eigenvalue weighted by Crippen LogP contribution is -2.46. The highest BCUT2D eigenvalue weighted by molar-refractivity contribution is 6.31. The SMILES string of the molecule is FC(F)(F)c1ccc(Cl)c(CNC2(c3nc(C4CCCC4)no3)CCOCC2)c1. The predicted molar refractivity (Wildman–Crippen MR) is 101 cm³/mol. The van der Waals surface area contributed by atoms with Gasteiger partial charge in [-0.3, -0.25) is 5.32 Å². The molecule has 158 valence electrons. The maximum absolute atomic E-state index is 13.1. The van der Waals surface area contributed by atoms with Gasteiger partial charge in [-0.2, -0.15) is 18.2 Å². The van der Waals surface area contributed by atoms with E-state index in [0.717, 1.165) is 30.8 Å². The van der Waals surface area contributed by atoms with Crippen molar-refractivity contribution in [2.45, 2.75) is 62.7 Å². The molecular weight excluding hydrogens is 407 g/mol. The average Bonchev–Trinajstić information content (AvgIpc) is 3.39. The first-order chi connectivity index (χ1) is 13.9. The van der Waals surface area contributed by atoms with Gasteiger partial charge < -0.3 is 9.26 Å². The molecule has 29 heavy (non-hydrogen) atoms. The van der Waals surface area contributed by atoms with Crippen LogP contribution in [0.1, 0.15) is 67.3 Å². The van der Waals surface area contributed by atoms with Gasteiger partial charge >= 0.3 is 6.18 Å². The monoisotopic (exact) mass is 429 g/mol. The van der Waals surface area contributed by atoms with E-state index < -0.39 is 17.3 Å². The Hall–Kier alpha value is -1.64. The summed E-state index contributed by atoms with van der Waals surface area (Å²) in [4.78, 5) is 4.67. The van der Waals surface area contributed by atoms with Crippen LogP contribution in [0.5, 0.6) is 0 Å². The lowest BCUT2D eigenvalue weighted by Gasteiger charge is -2.35. The highest BCUT2D eigenvalue weighted by Crippen LogP contribution is 2.37. The summed E-state index contributed by atoms with van der Waals surface area (Å²) in [5.74, 6) is 1.52. The zero-order valence-electron chi connectivity index (χ0n) is 15.9. The average molecular weight is 430 g/mol. The minimum absolute atomic E-state index is 0.157. The molecule has 1 saturated heterocycles. The van der Waals surface area contributed by atoms with Crippen molar-refractivity contribution < 1.29 is 22.4 Å².